The lowest BCUT2D eigenvalue weighted by molar-refractivity contribution is -0.123. The van der Waals surface area contributed by atoms with Crippen molar-refractivity contribution < 1.29 is 9.53 Å². The number of hydrogen-bond acceptors (Lipinski definition) is 2. The number of rotatable bonds is 6. The molecule has 0 bridgehead atoms. The van der Waals surface area contributed by atoms with Gasteiger partial charge in [-0.3, -0.25) is 4.79 Å². The molecule has 0 radical (unpaired) electrons. The lowest BCUT2D eigenvalue weighted by Gasteiger charge is -2.17. The second-order valence-electron chi connectivity index (χ2n) is 5.16. The molecule has 1 aliphatic rings. The predicted molar refractivity (Wildman–Crippen MR) is 84.6 cm³/mol. The summed E-state index contributed by atoms with van der Waals surface area (Å²) in [4.78, 5) is 11.8. The molecule has 0 aliphatic heterocycles. The normalized spacial score (nSPS) is 21.7. The van der Waals surface area contributed by atoms with Crippen LogP contribution in [0.2, 0.25) is 5.02 Å². The summed E-state index contributed by atoms with van der Waals surface area (Å²) in [5.74, 6) is 1.81. The first-order valence-corrected chi connectivity index (χ1v) is 8.40. The molecule has 1 N–H and O–H groups in total. The first-order chi connectivity index (χ1) is 9.69. The van der Waals surface area contributed by atoms with Gasteiger partial charge >= 0.3 is 0 Å². The number of carbonyl (C=O) groups is 1. The fraction of sp³-hybridized carbons (Fsp3) is 0.533. The molecule has 0 heterocycles. The van der Waals surface area contributed by atoms with E-state index in [1.54, 1.807) is 24.3 Å². The molecule has 1 aliphatic carbocycles. The summed E-state index contributed by atoms with van der Waals surface area (Å²) in [5.41, 5.74) is 0. The van der Waals surface area contributed by atoms with E-state index in [-0.39, 0.29) is 12.5 Å². The highest BCUT2D eigenvalue weighted by Crippen LogP contribution is 2.32. The summed E-state index contributed by atoms with van der Waals surface area (Å²) in [6, 6.07) is 7.06. The van der Waals surface area contributed by atoms with Gasteiger partial charge in [0, 0.05) is 16.9 Å². The van der Waals surface area contributed by atoms with Gasteiger partial charge in [-0.1, -0.05) is 40.0 Å². The molecular weight excluding hydrogens is 342 g/mol. The summed E-state index contributed by atoms with van der Waals surface area (Å²) in [5, 5.41) is 4.58. The van der Waals surface area contributed by atoms with Crippen molar-refractivity contribution in [1.29, 1.82) is 0 Å². The molecule has 5 heteroatoms. The Hall–Kier alpha value is -0.740. The van der Waals surface area contributed by atoms with Crippen LogP contribution in [0.1, 0.15) is 19.3 Å². The van der Waals surface area contributed by atoms with Gasteiger partial charge in [0.25, 0.3) is 5.91 Å². The van der Waals surface area contributed by atoms with Crippen LogP contribution in [0.25, 0.3) is 0 Å². The molecule has 1 aromatic rings. The molecular formula is C15H19BrClNO2. The number of benzene rings is 1. The zero-order chi connectivity index (χ0) is 14.4. The monoisotopic (exact) mass is 359 g/mol. The molecule has 0 spiro atoms. The Morgan fingerprint density at radius 3 is 2.95 bits per heavy atom. The predicted octanol–water partition coefficient (Wildman–Crippen LogP) is 3.65. The van der Waals surface area contributed by atoms with Gasteiger partial charge in [0.15, 0.2) is 6.61 Å². The van der Waals surface area contributed by atoms with Crippen LogP contribution in [-0.2, 0) is 4.79 Å². The first kappa shape index (κ1) is 15.6. The van der Waals surface area contributed by atoms with Gasteiger partial charge in [-0.05, 0) is 42.9 Å². The van der Waals surface area contributed by atoms with Crippen molar-refractivity contribution in [3.05, 3.63) is 29.3 Å². The van der Waals surface area contributed by atoms with Crippen molar-refractivity contribution >= 4 is 33.4 Å². The van der Waals surface area contributed by atoms with Gasteiger partial charge in [-0.15, -0.1) is 0 Å². The van der Waals surface area contributed by atoms with E-state index in [9.17, 15) is 4.79 Å². The van der Waals surface area contributed by atoms with Crippen molar-refractivity contribution in [2.24, 2.45) is 11.8 Å². The molecule has 20 heavy (non-hydrogen) atoms. The smallest absolute Gasteiger partial charge is 0.257 e. The molecule has 2 atom stereocenters. The number of carbonyl (C=O) groups excluding carboxylic acids is 1. The van der Waals surface area contributed by atoms with Crippen LogP contribution < -0.4 is 10.1 Å². The Morgan fingerprint density at radius 1 is 1.40 bits per heavy atom. The maximum atomic E-state index is 11.8. The number of alkyl halides is 1. The van der Waals surface area contributed by atoms with Gasteiger partial charge in [-0.25, -0.2) is 0 Å². The van der Waals surface area contributed by atoms with Crippen LogP contribution >= 0.6 is 27.5 Å². The molecule has 1 amide bonds. The van der Waals surface area contributed by atoms with Crippen molar-refractivity contribution in [3.63, 3.8) is 0 Å². The first-order valence-electron chi connectivity index (χ1n) is 6.90. The van der Waals surface area contributed by atoms with E-state index >= 15 is 0 Å². The van der Waals surface area contributed by atoms with Crippen molar-refractivity contribution in [2.75, 3.05) is 18.5 Å². The third-order valence-electron chi connectivity index (χ3n) is 3.74. The van der Waals surface area contributed by atoms with Gasteiger partial charge in [-0.2, -0.15) is 0 Å². The highest BCUT2D eigenvalue weighted by atomic mass is 79.9. The van der Waals surface area contributed by atoms with E-state index in [1.165, 1.54) is 19.3 Å². The maximum Gasteiger partial charge on any atom is 0.257 e. The van der Waals surface area contributed by atoms with Gasteiger partial charge in [0.1, 0.15) is 5.75 Å². The zero-order valence-electron chi connectivity index (χ0n) is 11.3. The van der Waals surface area contributed by atoms with Crippen LogP contribution in [0.3, 0.4) is 0 Å². The number of halogens is 2. The lowest BCUT2D eigenvalue weighted by Crippen LogP contribution is -2.34. The van der Waals surface area contributed by atoms with Crippen molar-refractivity contribution in [3.8, 4) is 5.75 Å². The molecule has 1 saturated carbocycles. The Bertz CT molecular complexity index is 455. The Morgan fingerprint density at radius 2 is 2.20 bits per heavy atom. The molecule has 3 nitrogen and oxygen atoms in total. The van der Waals surface area contributed by atoms with Crippen LogP contribution in [0.5, 0.6) is 5.75 Å². The third kappa shape index (κ3) is 4.67. The number of hydrogen-bond donors (Lipinski definition) is 1. The van der Waals surface area contributed by atoms with Gasteiger partial charge < -0.3 is 10.1 Å². The van der Waals surface area contributed by atoms with E-state index in [1.807, 2.05) is 0 Å². The van der Waals surface area contributed by atoms with Gasteiger partial charge in [0.05, 0.1) is 0 Å². The summed E-state index contributed by atoms with van der Waals surface area (Å²) in [6.45, 7) is 0.778. The van der Waals surface area contributed by atoms with E-state index in [2.05, 4.69) is 21.2 Å². The summed E-state index contributed by atoms with van der Waals surface area (Å²) in [6.07, 6.45) is 3.71. The minimum Gasteiger partial charge on any atom is -0.484 e. The fourth-order valence-corrected chi connectivity index (χ4v) is 3.62. The Labute approximate surface area is 133 Å². The van der Waals surface area contributed by atoms with E-state index < -0.39 is 0 Å². The third-order valence-corrected chi connectivity index (χ3v) is 4.81. The van der Waals surface area contributed by atoms with Crippen molar-refractivity contribution in [1.82, 2.24) is 5.32 Å². The van der Waals surface area contributed by atoms with Crippen LogP contribution in [0.4, 0.5) is 0 Å². The quantitative estimate of drug-likeness (QED) is 0.787. The maximum absolute atomic E-state index is 11.8. The Balaban J connectivity index is 1.70. The minimum atomic E-state index is -0.0785. The standard InChI is InChI=1S/C15H19BrClNO2/c16-8-11-3-1-4-12(11)9-18-15(19)10-20-14-6-2-5-13(17)7-14/h2,5-7,11-12H,1,3-4,8-10H2,(H,18,19). The molecule has 2 rings (SSSR count). The second kappa shape index (κ2) is 7.89. The lowest BCUT2D eigenvalue weighted by atomic mass is 9.98. The van der Waals surface area contributed by atoms with Crippen LogP contribution in [0.15, 0.2) is 24.3 Å². The van der Waals surface area contributed by atoms with E-state index in [4.69, 9.17) is 16.3 Å². The second-order valence-corrected chi connectivity index (χ2v) is 6.24. The Kier molecular flexibility index (Phi) is 6.17. The van der Waals surface area contributed by atoms with E-state index in [0.717, 1.165) is 11.9 Å². The minimum absolute atomic E-state index is 0.0338. The number of ether oxygens (including phenoxy) is 1. The highest BCUT2D eigenvalue weighted by molar-refractivity contribution is 9.09. The summed E-state index contributed by atoms with van der Waals surface area (Å²) in [7, 11) is 0. The average Bonchev–Trinajstić information content (AvgIpc) is 2.90. The molecule has 1 fully saturated rings. The molecule has 2 unspecified atom stereocenters. The van der Waals surface area contributed by atoms with Crippen LogP contribution in [0, 0.1) is 11.8 Å². The van der Waals surface area contributed by atoms with Gasteiger partial charge in [0.2, 0.25) is 0 Å². The summed E-state index contributed by atoms with van der Waals surface area (Å²) >= 11 is 9.40. The van der Waals surface area contributed by atoms with Crippen molar-refractivity contribution in [2.45, 2.75) is 19.3 Å². The fourth-order valence-electron chi connectivity index (χ4n) is 2.59. The molecule has 0 aromatic heterocycles. The number of amides is 1. The number of nitrogens with one attached hydrogen (secondary N) is 1. The highest BCUT2D eigenvalue weighted by Gasteiger charge is 2.26. The average molecular weight is 361 g/mol. The zero-order valence-corrected chi connectivity index (χ0v) is 13.6. The largest absolute Gasteiger partial charge is 0.484 e. The SMILES string of the molecule is O=C(COc1cccc(Cl)c1)NCC1CCCC1CBr. The molecule has 1 aromatic carbocycles. The topological polar surface area (TPSA) is 38.3 Å². The summed E-state index contributed by atoms with van der Waals surface area (Å²) < 4.78 is 5.41. The van der Waals surface area contributed by atoms with E-state index in [0.29, 0.717) is 22.6 Å². The van der Waals surface area contributed by atoms with Crippen LogP contribution in [-0.4, -0.2) is 24.4 Å². The molecule has 0 saturated heterocycles. The molecule has 110 valence electrons.